The summed E-state index contributed by atoms with van der Waals surface area (Å²) >= 11 is 1.11. The number of aromatic nitrogens is 3. The molecule has 5 rings (SSSR count). The molecule has 8 nitrogen and oxygen atoms in total. The van der Waals surface area contributed by atoms with E-state index in [2.05, 4.69) is 4.98 Å². The normalized spacial score (nSPS) is 14.8. The van der Waals surface area contributed by atoms with E-state index in [0.29, 0.717) is 56.9 Å². The maximum absolute atomic E-state index is 15.4. The number of fused-ring (bicyclic) bond motifs is 1. The van der Waals surface area contributed by atoms with E-state index in [1.165, 1.54) is 0 Å². The van der Waals surface area contributed by atoms with Gasteiger partial charge in [-0.1, -0.05) is 11.3 Å². The molecule has 1 aliphatic heterocycles. The van der Waals surface area contributed by atoms with Crippen LogP contribution in [0.2, 0.25) is 0 Å². The van der Waals surface area contributed by atoms with E-state index in [9.17, 15) is 4.79 Å². The summed E-state index contributed by atoms with van der Waals surface area (Å²) < 4.78 is 29.4. The predicted octanol–water partition coefficient (Wildman–Crippen LogP) is 3.46. The second-order valence-corrected chi connectivity index (χ2v) is 8.45. The minimum absolute atomic E-state index is 0.315. The molecule has 0 unspecified atom stereocenters. The van der Waals surface area contributed by atoms with Crippen molar-refractivity contribution in [2.45, 2.75) is 32.4 Å². The molecule has 2 aromatic carbocycles. The van der Waals surface area contributed by atoms with E-state index in [0.717, 1.165) is 29.7 Å². The van der Waals surface area contributed by atoms with Gasteiger partial charge in [-0.3, -0.25) is 4.79 Å². The first-order chi connectivity index (χ1) is 14.9. The number of thiazole rings is 1. The first-order valence-corrected chi connectivity index (χ1v) is 10.7. The van der Waals surface area contributed by atoms with Crippen LogP contribution in [0.15, 0.2) is 24.3 Å². The van der Waals surface area contributed by atoms with Gasteiger partial charge in [0.1, 0.15) is 22.8 Å². The fraction of sp³-hybridized carbons (Fsp3) is 0.286. The molecular formula is C21H20FN5O3S. The zero-order valence-electron chi connectivity index (χ0n) is 16.7. The van der Waals surface area contributed by atoms with Crippen molar-refractivity contribution < 1.29 is 18.7 Å². The number of rotatable bonds is 4. The highest BCUT2D eigenvalue weighted by Gasteiger charge is 2.24. The first-order valence-electron chi connectivity index (χ1n) is 9.90. The van der Waals surface area contributed by atoms with E-state index in [1.807, 2.05) is 4.57 Å². The Balaban J connectivity index is 1.72. The summed E-state index contributed by atoms with van der Waals surface area (Å²) in [5.41, 5.74) is 13.3. The first kappa shape index (κ1) is 19.6. The van der Waals surface area contributed by atoms with Gasteiger partial charge in [0.25, 0.3) is 5.91 Å². The van der Waals surface area contributed by atoms with Gasteiger partial charge in [-0.2, -0.15) is 0 Å². The number of nitrogens with two attached hydrogens (primary N) is 2. The van der Waals surface area contributed by atoms with Crippen molar-refractivity contribution >= 4 is 43.6 Å². The molecule has 31 heavy (non-hydrogen) atoms. The molecule has 1 aliphatic rings. The molecule has 0 radical (unpaired) electrons. The maximum Gasteiger partial charge on any atom is 0.258 e. The Bertz CT molecular complexity index is 1330. The molecule has 1 amide bonds. The number of carbonyl (C=O) groups excluding carboxylic acids is 1. The summed E-state index contributed by atoms with van der Waals surface area (Å²) in [6, 6.07) is 6.85. The van der Waals surface area contributed by atoms with E-state index in [1.54, 1.807) is 31.2 Å². The van der Waals surface area contributed by atoms with Gasteiger partial charge < -0.3 is 25.5 Å². The van der Waals surface area contributed by atoms with Gasteiger partial charge in [0, 0.05) is 18.7 Å². The van der Waals surface area contributed by atoms with Crippen LogP contribution in [0.25, 0.3) is 32.6 Å². The molecule has 0 fully saturated rings. The molecular weight excluding hydrogens is 421 g/mol. The molecule has 0 saturated heterocycles. The summed E-state index contributed by atoms with van der Waals surface area (Å²) in [5, 5.41) is 0.315. The number of hydrogen-bond donors (Lipinski definition) is 2. The SMILES string of the molecule is C[C@@H](Oc1cc2c3c(c1)nc(-c1ccc4nc(N)sc4c1F)n3CCCCO2)C(N)=O. The number of nitrogen functional groups attached to an aromatic ring is 1. The summed E-state index contributed by atoms with van der Waals surface area (Å²) in [4.78, 5) is 20.3. The lowest BCUT2D eigenvalue weighted by Gasteiger charge is -2.18. The number of primary amides is 1. The number of carbonyl (C=O) groups is 1. The summed E-state index contributed by atoms with van der Waals surface area (Å²) in [7, 11) is 0. The molecule has 3 heterocycles. The second kappa shape index (κ2) is 7.38. The van der Waals surface area contributed by atoms with Crippen molar-refractivity contribution in [3.05, 3.63) is 30.1 Å². The van der Waals surface area contributed by atoms with E-state index in [4.69, 9.17) is 25.9 Å². The second-order valence-electron chi connectivity index (χ2n) is 7.42. The van der Waals surface area contributed by atoms with Crippen LogP contribution < -0.4 is 20.9 Å². The van der Waals surface area contributed by atoms with Gasteiger partial charge in [0.15, 0.2) is 17.1 Å². The van der Waals surface area contributed by atoms with Crippen LogP contribution in [-0.2, 0) is 11.3 Å². The number of ether oxygens (including phenoxy) is 2. The third kappa shape index (κ3) is 3.32. The number of imidazole rings is 1. The number of benzene rings is 2. The number of halogens is 1. The van der Waals surface area contributed by atoms with Crippen molar-refractivity contribution in [2.75, 3.05) is 12.3 Å². The van der Waals surface area contributed by atoms with Crippen LogP contribution in [0.4, 0.5) is 9.52 Å². The summed E-state index contributed by atoms with van der Waals surface area (Å²) in [6.45, 7) is 2.79. The zero-order chi connectivity index (χ0) is 21.7. The van der Waals surface area contributed by atoms with Crippen molar-refractivity contribution in [2.24, 2.45) is 5.73 Å². The largest absolute Gasteiger partial charge is 0.491 e. The lowest BCUT2D eigenvalue weighted by Crippen LogP contribution is -2.30. The van der Waals surface area contributed by atoms with Crippen molar-refractivity contribution in [3.8, 4) is 22.9 Å². The van der Waals surface area contributed by atoms with E-state index < -0.39 is 17.8 Å². The Labute approximate surface area is 180 Å². The average molecular weight is 441 g/mol. The fourth-order valence-electron chi connectivity index (χ4n) is 3.77. The van der Waals surface area contributed by atoms with E-state index >= 15 is 4.39 Å². The van der Waals surface area contributed by atoms with E-state index in [-0.39, 0.29) is 0 Å². The summed E-state index contributed by atoms with van der Waals surface area (Å²) in [6.07, 6.45) is 0.900. The smallest absolute Gasteiger partial charge is 0.258 e. The minimum Gasteiger partial charge on any atom is -0.491 e. The lowest BCUT2D eigenvalue weighted by molar-refractivity contribution is -0.123. The van der Waals surface area contributed by atoms with Gasteiger partial charge in [-0.15, -0.1) is 0 Å². The number of hydrogen-bond acceptors (Lipinski definition) is 7. The molecule has 0 bridgehead atoms. The molecule has 0 aliphatic carbocycles. The van der Waals surface area contributed by atoms with Gasteiger partial charge >= 0.3 is 0 Å². The molecule has 4 aromatic rings. The minimum atomic E-state index is -0.809. The van der Waals surface area contributed by atoms with Crippen LogP contribution in [0, 0.1) is 5.82 Å². The number of anilines is 1. The van der Waals surface area contributed by atoms with Gasteiger partial charge in [0.2, 0.25) is 0 Å². The van der Waals surface area contributed by atoms with Crippen molar-refractivity contribution in [1.29, 1.82) is 0 Å². The molecule has 1 atom stereocenters. The Morgan fingerprint density at radius 3 is 2.94 bits per heavy atom. The number of nitrogens with zero attached hydrogens (tertiary/aromatic N) is 3. The van der Waals surface area contributed by atoms with Crippen LogP contribution in [0.5, 0.6) is 11.5 Å². The van der Waals surface area contributed by atoms with Crippen LogP contribution in [0.1, 0.15) is 19.8 Å². The maximum atomic E-state index is 15.4. The highest BCUT2D eigenvalue weighted by Crippen LogP contribution is 2.39. The standard InChI is InChI=1S/C21H20FN5O3S/c1-10(19(23)28)30-11-8-14-17-15(9-11)29-7-3-2-6-27(17)20(25-14)12-4-5-13-18(16(12)22)31-21(24)26-13/h4-5,8-10H,2-3,6-7H2,1H3,(H2,23,28)(H2,24,26)/t10-/m1/s1. The highest BCUT2D eigenvalue weighted by atomic mass is 32.1. The average Bonchev–Trinajstić information content (AvgIpc) is 3.26. The lowest BCUT2D eigenvalue weighted by atomic mass is 10.1. The van der Waals surface area contributed by atoms with Crippen LogP contribution in [0.3, 0.4) is 0 Å². The van der Waals surface area contributed by atoms with Gasteiger partial charge in [0.05, 0.1) is 27.9 Å². The third-order valence-corrected chi connectivity index (χ3v) is 6.17. The monoisotopic (exact) mass is 441 g/mol. The molecule has 2 aromatic heterocycles. The summed E-state index contributed by atoms with van der Waals surface area (Å²) in [5.74, 6) is 0.506. The highest BCUT2D eigenvalue weighted by molar-refractivity contribution is 7.22. The van der Waals surface area contributed by atoms with Crippen molar-refractivity contribution in [1.82, 2.24) is 14.5 Å². The Hall–Kier alpha value is -3.40. The number of aryl methyl sites for hydroxylation is 1. The van der Waals surface area contributed by atoms with Gasteiger partial charge in [-0.25, -0.2) is 14.4 Å². The molecule has 0 spiro atoms. The van der Waals surface area contributed by atoms with Crippen LogP contribution in [-0.4, -0.2) is 33.2 Å². The Morgan fingerprint density at radius 2 is 2.13 bits per heavy atom. The number of amides is 1. The molecule has 4 N–H and O–H groups in total. The fourth-order valence-corrected chi connectivity index (χ4v) is 4.54. The van der Waals surface area contributed by atoms with Crippen LogP contribution >= 0.6 is 11.3 Å². The zero-order valence-corrected chi connectivity index (χ0v) is 17.5. The van der Waals surface area contributed by atoms with Crippen molar-refractivity contribution in [3.63, 3.8) is 0 Å². The predicted molar refractivity (Wildman–Crippen MR) is 117 cm³/mol. The molecule has 0 saturated carbocycles. The molecule has 10 heteroatoms. The van der Waals surface area contributed by atoms with Gasteiger partial charge in [-0.05, 0) is 31.9 Å². The molecule has 160 valence electrons. The third-order valence-electron chi connectivity index (χ3n) is 5.28. The topological polar surface area (TPSA) is 118 Å². The Morgan fingerprint density at radius 1 is 1.29 bits per heavy atom. The quantitative estimate of drug-likeness (QED) is 0.501. The Kier molecular flexibility index (Phi) is 4.66.